The van der Waals surface area contributed by atoms with Crippen LogP contribution in [0.3, 0.4) is 0 Å². The molecule has 3 aromatic rings. The van der Waals surface area contributed by atoms with Gasteiger partial charge < -0.3 is 4.98 Å². The normalized spacial score (nSPS) is 11.6. The van der Waals surface area contributed by atoms with Crippen molar-refractivity contribution in [2.45, 2.75) is 26.2 Å². The first-order chi connectivity index (χ1) is 7.88. The van der Waals surface area contributed by atoms with Crippen LogP contribution in [-0.2, 0) is 6.42 Å². The Morgan fingerprint density at radius 1 is 1.44 bits per heavy atom. The van der Waals surface area contributed by atoms with E-state index in [1.807, 2.05) is 12.3 Å². The average Bonchev–Trinajstić information content (AvgIpc) is 2.90. The maximum atomic E-state index is 4.67. The van der Waals surface area contributed by atoms with Gasteiger partial charge in [-0.2, -0.15) is 0 Å². The summed E-state index contributed by atoms with van der Waals surface area (Å²) in [4.78, 5) is 12.4. The van der Waals surface area contributed by atoms with Crippen LogP contribution in [0.4, 0.5) is 0 Å². The number of aromatic nitrogens is 3. The largest absolute Gasteiger partial charge is 0.341 e. The molecule has 0 radical (unpaired) electrons. The molecule has 0 saturated heterocycles. The summed E-state index contributed by atoms with van der Waals surface area (Å²) in [5.74, 6) is 1.08. The summed E-state index contributed by atoms with van der Waals surface area (Å²) in [6.07, 6.45) is 5.29. The number of imidazole rings is 1. The van der Waals surface area contributed by atoms with Gasteiger partial charge in [-0.15, -0.1) is 11.3 Å². The smallest absolute Gasteiger partial charge is 0.110 e. The summed E-state index contributed by atoms with van der Waals surface area (Å²) in [5.41, 5.74) is 3.18. The van der Waals surface area contributed by atoms with Gasteiger partial charge in [-0.25, -0.2) is 4.98 Å². The summed E-state index contributed by atoms with van der Waals surface area (Å²) >= 11 is 1.71. The quantitative estimate of drug-likeness (QED) is 0.749. The van der Waals surface area contributed by atoms with Crippen LogP contribution >= 0.6 is 11.3 Å². The number of aryl methyl sites for hydroxylation is 1. The lowest BCUT2D eigenvalue weighted by Gasteiger charge is -1.90. The van der Waals surface area contributed by atoms with Crippen molar-refractivity contribution in [3.63, 3.8) is 0 Å². The minimum atomic E-state index is 1.03. The van der Waals surface area contributed by atoms with Crippen LogP contribution in [0.25, 0.3) is 21.3 Å². The van der Waals surface area contributed by atoms with Crippen molar-refractivity contribution in [1.82, 2.24) is 15.0 Å². The number of nitrogens with zero attached hydrogens (tertiary/aromatic N) is 2. The Bertz CT molecular complexity index is 623. The van der Waals surface area contributed by atoms with Crippen LogP contribution in [-0.4, -0.2) is 15.0 Å². The molecule has 3 aromatic heterocycles. The van der Waals surface area contributed by atoms with Crippen LogP contribution in [0.15, 0.2) is 17.6 Å². The summed E-state index contributed by atoms with van der Waals surface area (Å²) in [7, 11) is 0. The predicted molar refractivity (Wildman–Crippen MR) is 67.9 cm³/mol. The first-order valence-corrected chi connectivity index (χ1v) is 6.47. The Morgan fingerprint density at radius 3 is 3.25 bits per heavy atom. The van der Waals surface area contributed by atoms with Gasteiger partial charge in [0.05, 0.1) is 21.9 Å². The molecule has 0 fully saturated rings. The van der Waals surface area contributed by atoms with Crippen LogP contribution < -0.4 is 0 Å². The topological polar surface area (TPSA) is 41.6 Å². The van der Waals surface area contributed by atoms with Crippen molar-refractivity contribution in [3.8, 4) is 0 Å². The molecule has 0 saturated carbocycles. The maximum Gasteiger partial charge on any atom is 0.110 e. The van der Waals surface area contributed by atoms with E-state index in [2.05, 4.69) is 27.3 Å². The Morgan fingerprint density at radius 2 is 2.38 bits per heavy atom. The zero-order valence-corrected chi connectivity index (χ0v) is 9.97. The highest BCUT2D eigenvalue weighted by atomic mass is 32.1. The van der Waals surface area contributed by atoms with E-state index in [0.717, 1.165) is 28.8 Å². The lowest BCUT2D eigenvalue weighted by Crippen LogP contribution is -1.86. The molecule has 0 bridgehead atoms. The Kier molecular flexibility index (Phi) is 2.36. The lowest BCUT2D eigenvalue weighted by molar-refractivity contribution is 0.765. The van der Waals surface area contributed by atoms with Crippen LogP contribution in [0.1, 0.15) is 25.6 Å². The fraction of sp³-hybridized carbons (Fsp3) is 0.333. The van der Waals surface area contributed by atoms with Gasteiger partial charge in [-0.3, -0.25) is 4.98 Å². The lowest BCUT2D eigenvalue weighted by atomic mass is 10.2. The zero-order chi connectivity index (χ0) is 11.0. The molecule has 0 amide bonds. The third kappa shape index (κ3) is 1.50. The molecule has 4 heteroatoms. The third-order valence-corrected chi connectivity index (χ3v) is 3.65. The van der Waals surface area contributed by atoms with E-state index in [1.165, 1.54) is 17.5 Å². The monoisotopic (exact) mass is 231 g/mol. The number of unbranched alkanes of at least 4 members (excludes halogenated alkanes) is 1. The molecule has 0 aliphatic rings. The van der Waals surface area contributed by atoms with E-state index < -0.39 is 0 Å². The van der Waals surface area contributed by atoms with Gasteiger partial charge in [0.15, 0.2) is 0 Å². The minimum Gasteiger partial charge on any atom is -0.341 e. The molecule has 0 spiro atoms. The van der Waals surface area contributed by atoms with Gasteiger partial charge >= 0.3 is 0 Å². The second-order valence-corrected chi connectivity index (χ2v) is 4.86. The molecule has 82 valence electrons. The van der Waals surface area contributed by atoms with Crippen LogP contribution in [0.2, 0.25) is 0 Å². The van der Waals surface area contributed by atoms with Crippen molar-refractivity contribution in [1.29, 1.82) is 0 Å². The number of pyridine rings is 1. The van der Waals surface area contributed by atoms with Crippen molar-refractivity contribution in [2.24, 2.45) is 0 Å². The van der Waals surface area contributed by atoms with Crippen molar-refractivity contribution in [3.05, 3.63) is 23.5 Å². The molecule has 1 N–H and O–H groups in total. The van der Waals surface area contributed by atoms with E-state index in [4.69, 9.17) is 0 Å². The molecule has 0 aliphatic carbocycles. The molecule has 3 rings (SSSR count). The van der Waals surface area contributed by atoms with Gasteiger partial charge in [0.25, 0.3) is 0 Å². The summed E-state index contributed by atoms with van der Waals surface area (Å²) in [6, 6.07) is 2.04. The minimum absolute atomic E-state index is 1.03. The van der Waals surface area contributed by atoms with E-state index in [1.54, 1.807) is 11.3 Å². The Balaban J connectivity index is 2.15. The number of nitrogens with one attached hydrogen (secondary N) is 1. The molecular formula is C12H13N3S. The van der Waals surface area contributed by atoms with E-state index in [-0.39, 0.29) is 0 Å². The van der Waals surface area contributed by atoms with Crippen molar-refractivity contribution >= 4 is 32.6 Å². The summed E-state index contributed by atoms with van der Waals surface area (Å²) in [5, 5.41) is 2.07. The highest BCUT2D eigenvalue weighted by Crippen LogP contribution is 2.26. The maximum absolute atomic E-state index is 4.67. The number of fused-ring (bicyclic) bond motifs is 3. The number of H-pyrrole nitrogens is 1. The Labute approximate surface area is 97.5 Å². The predicted octanol–water partition coefficient (Wildman–Crippen LogP) is 3.52. The van der Waals surface area contributed by atoms with Crippen molar-refractivity contribution in [2.75, 3.05) is 0 Å². The van der Waals surface area contributed by atoms with Crippen molar-refractivity contribution < 1.29 is 0 Å². The molecule has 0 atom stereocenters. The fourth-order valence-electron chi connectivity index (χ4n) is 1.88. The van der Waals surface area contributed by atoms with E-state index >= 15 is 0 Å². The van der Waals surface area contributed by atoms with Gasteiger partial charge in [0.1, 0.15) is 11.3 Å². The second-order valence-electron chi connectivity index (χ2n) is 3.94. The van der Waals surface area contributed by atoms with E-state index in [0.29, 0.717) is 0 Å². The standard InChI is InChI=1S/C12H13N3S/c1-2-3-4-10-14-9-7-13-8-5-6-16-12(8)11(9)15-10/h5-7H,2-4H2,1H3,(H,14,15). The first kappa shape index (κ1) is 9.78. The summed E-state index contributed by atoms with van der Waals surface area (Å²) in [6.45, 7) is 2.20. The Hall–Kier alpha value is -1.42. The van der Waals surface area contributed by atoms with Gasteiger partial charge in [0.2, 0.25) is 0 Å². The fourth-order valence-corrected chi connectivity index (χ4v) is 2.72. The third-order valence-electron chi connectivity index (χ3n) is 2.74. The zero-order valence-electron chi connectivity index (χ0n) is 9.16. The number of hydrogen-bond acceptors (Lipinski definition) is 3. The summed E-state index contributed by atoms with van der Waals surface area (Å²) < 4.78 is 1.19. The molecule has 0 unspecified atom stereocenters. The van der Waals surface area contributed by atoms with Crippen LogP contribution in [0.5, 0.6) is 0 Å². The highest BCUT2D eigenvalue weighted by Gasteiger charge is 2.08. The average molecular weight is 231 g/mol. The molecular weight excluding hydrogens is 218 g/mol. The van der Waals surface area contributed by atoms with Gasteiger partial charge in [-0.1, -0.05) is 13.3 Å². The molecule has 3 nitrogen and oxygen atoms in total. The molecule has 0 aliphatic heterocycles. The number of rotatable bonds is 3. The molecule has 16 heavy (non-hydrogen) atoms. The first-order valence-electron chi connectivity index (χ1n) is 5.59. The van der Waals surface area contributed by atoms with Gasteiger partial charge in [0, 0.05) is 6.42 Å². The molecule has 3 heterocycles. The number of thiophene rings is 1. The number of hydrogen-bond donors (Lipinski definition) is 1. The van der Waals surface area contributed by atoms with Crippen LogP contribution in [0, 0.1) is 0 Å². The van der Waals surface area contributed by atoms with Gasteiger partial charge in [-0.05, 0) is 17.9 Å². The SMILES string of the molecule is CCCCc1nc2c(cnc3ccsc32)[nH]1. The van der Waals surface area contributed by atoms with E-state index in [9.17, 15) is 0 Å². The second kappa shape index (κ2) is 3.87. The number of aromatic amines is 1. The molecule has 0 aromatic carbocycles. The highest BCUT2D eigenvalue weighted by molar-refractivity contribution is 7.18.